The van der Waals surface area contributed by atoms with E-state index in [1.54, 1.807) is 5.06 Å². The fourth-order valence-corrected chi connectivity index (χ4v) is 3.00. The molecule has 0 spiro atoms. The number of hydrogen-bond acceptors (Lipinski definition) is 6. The molecule has 0 bridgehead atoms. The van der Waals surface area contributed by atoms with Crippen LogP contribution in [-0.4, -0.2) is 48.0 Å². The normalized spacial score (nSPS) is 26.0. The van der Waals surface area contributed by atoms with Crippen molar-refractivity contribution in [1.29, 1.82) is 0 Å². The van der Waals surface area contributed by atoms with Crippen LogP contribution in [0.25, 0.3) is 0 Å². The summed E-state index contributed by atoms with van der Waals surface area (Å²) in [5, 5.41) is 1.77. The maximum atomic E-state index is 12.1. The Morgan fingerprint density at radius 1 is 1.24 bits per heavy atom. The van der Waals surface area contributed by atoms with Crippen molar-refractivity contribution in [2.24, 2.45) is 0 Å². The van der Waals surface area contributed by atoms with E-state index in [4.69, 9.17) is 19.0 Å². The molecule has 0 aliphatic carbocycles. The van der Waals surface area contributed by atoms with Crippen molar-refractivity contribution >= 4 is 5.97 Å². The zero-order valence-corrected chi connectivity index (χ0v) is 15.6. The zero-order valence-electron chi connectivity index (χ0n) is 15.6. The second kappa shape index (κ2) is 6.59. The third-order valence-electron chi connectivity index (χ3n) is 4.56. The van der Waals surface area contributed by atoms with Crippen LogP contribution in [0.2, 0.25) is 0 Å². The summed E-state index contributed by atoms with van der Waals surface area (Å²) in [4.78, 5) is 18.3. The van der Waals surface area contributed by atoms with Gasteiger partial charge in [0.05, 0.1) is 12.1 Å². The van der Waals surface area contributed by atoms with Crippen LogP contribution >= 0.6 is 0 Å². The lowest BCUT2D eigenvalue weighted by molar-refractivity contribution is -0.312. The number of nitrogens with zero attached hydrogens (tertiary/aromatic N) is 1. The number of esters is 1. The Morgan fingerprint density at radius 3 is 2.48 bits per heavy atom. The number of hydrogen-bond donors (Lipinski definition) is 0. The van der Waals surface area contributed by atoms with Gasteiger partial charge >= 0.3 is 5.97 Å². The van der Waals surface area contributed by atoms with Crippen LogP contribution in [0.3, 0.4) is 0 Å². The van der Waals surface area contributed by atoms with Crippen LogP contribution in [0.1, 0.15) is 46.3 Å². The molecule has 6 heteroatoms. The van der Waals surface area contributed by atoms with E-state index in [0.717, 1.165) is 17.9 Å². The number of benzene rings is 1. The number of hydroxylamine groups is 2. The molecule has 1 aromatic carbocycles. The van der Waals surface area contributed by atoms with E-state index >= 15 is 0 Å². The fourth-order valence-electron chi connectivity index (χ4n) is 3.00. The van der Waals surface area contributed by atoms with Crippen molar-refractivity contribution in [3.05, 3.63) is 29.8 Å². The van der Waals surface area contributed by atoms with Crippen molar-refractivity contribution in [1.82, 2.24) is 5.06 Å². The van der Waals surface area contributed by atoms with E-state index in [9.17, 15) is 4.79 Å². The molecular weight excluding hydrogens is 322 g/mol. The van der Waals surface area contributed by atoms with Gasteiger partial charge in [0.25, 0.3) is 0 Å². The number of ether oxygens (including phenoxy) is 3. The first-order chi connectivity index (χ1) is 11.7. The van der Waals surface area contributed by atoms with Crippen molar-refractivity contribution in [3.63, 3.8) is 0 Å². The van der Waals surface area contributed by atoms with E-state index in [-0.39, 0.29) is 18.2 Å². The standard InChI is InChI=1S/C19H27NO5/c1-13(14-6-8-15(9-7-14)22-10-16-11-23-16)25-20-18(2,3)12-24-17(21)19(20,4)5/h6-9,13,16H,10-12H2,1-5H3. The Hall–Kier alpha value is -1.63. The van der Waals surface area contributed by atoms with Crippen LogP contribution < -0.4 is 4.74 Å². The fraction of sp³-hybridized carbons (Fsp3) is 0.632. The van der Waals surface area contributed by atoms with Crippen molar-refractivity contribution in [2.45, 2.75) is 57.9 Å². The summed E-state index contributed by atoms with van der Waals surface area (Å²) in [7, 11) is 0. The van der Waals surface area contributed by atoms with Crippen LogP contribution in [-0.2, 0) is 19.1 Å². The summed E-state index contributed by atoms with van der Waals surface area (Å²) in [6.45, 7) is 11.3. The van der Waals surface area contributed by atoms with Crippen LogP contribution in [0.4, 0.5) is 0 Å². The average molecular weight is 349 g/mol. The van der Waals surface area contributed by atoms with Gasteiger partial charge in [-0.2, -0.15) is 5.06 Å². The topological polar surface area (TPSA) is 60.5 Å². The molecule has 2 aliphatic rings. The van der Waals surface area contributed by atoms with E-state index in [1.807, 2.05) is 58.9 Å². The van der Waals surface area contributed by atoms with Gasteiger partial charge in [0.2, 0.25) is 0 Å². The number of carbonyl (C=O) groups excluding carboxylic acids is 1. The Morgan fingerprint density at radius 2 is 1.88 bits per heavy atom. The molecule has 2 aliphatic heterocycles. The SMILES string of the molecule is CC(ON1C(C)(C)COC(=O)C1(C)C)c1ccc(OCC2CO2)cc1. The highest BCUT2D eigenvalue weighted by Crippen LogP contribution is 2.35. The lowest BCUT2D eigenvalue weighted by Crippen LogP contribution is -2.65. The summed E-state index contributed by atoms with van der Waals surface area (Å²) in [5.41, 5.74) is -0.233. The lowest BCUT2D eigenvalue weighted by Gasteiger charge is -2.49. The first-order valence-corrected chi connectivity index (χ1v) is 8.69. The molecule has 2 saturated heterocycles. The van der Waals surface area contributed by atoms with Gasteiger partial charge in [-0.25, -0.2) is 4.79 Å². The minimum atomic E-state index is -0.844. The molecule has 0 N–H and O–H groups in total. The highest BCUT2D eigenvalue weighted by molar-refractivity contribution is 5.80. The Balaban J connectivity index is 1.67. The Bertz CT molecular complexity index is 621. The van der Waals surface area contributed by atoms with Crippen LogP contribution in [0.5, 0.6) is 5.75 Å². The summed E-state index contributed by atoms with van der Waals surface area (Å²) in [6, 6.07) is 7.82. The third kappa shape index (κ3) is 3.97. The monoisotopic (exact) mass is 349 g/mol. The highest BCUT2D eigenvalue weighted by atomic mass is 16.7. The predicted molar refractivity (Wildman–Crippen MR) is 92.1 cm³/mol. The molecule has 138 valence electrons. The van der Waals surface area contributed by atoms with Crippen molar-refractivity contribution < 1.29 is 23.8 Å². The van der Waals surface area contributed by atoms with E-state index in [1.165, 1.54) is 0 Å². The number of carbonyl (C=O) groups is 1. The predicted octanol–water partition coefficient (Wildman–Crippen LogP) is 2.87. The quantitative estimate of drug-likeness (QED) is 0.581. The summed E-state index contributed by atoms with van der Waals surface area (Å²) in [6.07, 6.45) is 0.0375. The van der Waals surface area contributed by atoms with E-state index in [0.29, 0.717) is 13.2 Å². The molecule has 0 radical (unpaired) electrons. The molecule has 2 unspecified atom stereocenters. The largest absolute Gasteiger partial charge is 0.491 e. The van der Waals surface area contributed by atoms with Gasteiger partial charge in [-0.15, -0.1) is 0 Å². The molecule has 2 heterocycles. The second-order valence-corrected chi connectivity index (χ2v) is 7.82. The zero-order chi connectivity index (χ0) is 18.2. The van der Waals surface area contributed by atoms with Gasteiger partial charge in [0.15, 0.2) is 0 Å². The molecule has 6 nitrogen and oxygen atoms in total. The first-order valence-electron chi connectivity index (χ1n) is 8.69. The number of cyclic esters (lactones) is 1. The van der Waals surface area contributed by atoms with Gasteiger partial charge < -0.3 is 14.2 Å². The van der Waals surface area contributed by atoms with E-state index in [2.05, 4.69) is 0 Å². The Labute approximate surface area is 148 Å². The van der Waals surface area contributed by atoms with Crippen molar-refractivity contribution in [2.75, 3.05) is 19.8 Å². The molecule has 3 rings (SSSR count). The van der Waals surface area contributed by atoms with Crippen molar-refractivity contribution in [3.8, 4) is 5.75 Å². The highest BCUT2D eigenvalue weighted by Gasteiger charge is 2.50. The summed E-state index contributed by atoms with van der Waals surface area (Å²) < 4.78 is 16.1. The van der Waals surface area contributed by atoms with Crippen LogP contribution in [0.15, 0.2) is 24.3 Å². The van der Waals surface area contributed by atoms with Gasteiger partial charge in [-0.05, 0) is 52.3 Å². The molecular formula is C19H27NO5. The maximum Gasteiger partial charge on any atom is 0.328 e. The van der Waals surface area contributed by atoms with Gasteiger partial charge in [0, 0.05) is 0 Å². The smallest absolute Gasteiger partial charge is 0.328 e. The molecule has 2 fully saturated rings. The molecule has 0 amide bonds. The molecule has 25 heavy (non-hydrogen) atoms. The Kier molecular flexibility index (Phi) is 4.79. The van der Waals surface area contributed by atoms with Gasteiger partial charge in [-0.3, -0.25) is 4.84 Å². The van der Waals surface area contributed by atoms with Crippen LogP contribution in [0, 0.1) is 0 Å². The molecule has 0 aromatic heterocycles. The maximum absolute atomic E-state index is 12.1. The summed E-state index contributed by atoms with van der Waals surface area (Å²) in [5.74, 6) is 0.540. The first kappa shape index (κ1) is 18.2. The lowest BCUT2D eigenvalue weighted by atomic mass is 9.94. The minimum absolute atomic E-state index is 0.203. The molecule has 2 atom stereocenters. The van der Waals surface area contributed by atoms with Gasteiger partial charge in [0.1, 0.15) is 36.7 Å². The second-order valence-electron chi connectivity index (χ2n) is 7.82. The van der Waals surface area contributed by atoms with E-state index < -0.39 is 11.1 Å². The average Bonchev–Trinajstić information content (AvgIpc) is 3.39. The molecule has 0 saturated carbocycles. The summed E-state index contributed by atoms with van der Waals surface area (Å²) >= 11 is 0. The minimum Gasteiger partial charge on any atom is -0.491 e. The third-order valence-corrected chi connectivity index (χ3v) is 4.56. The number of morpholine rings is 1. The van der Waals surface area contributed by atoms with Gasteiger partial charge in [-0.1, -0.05) is 12.1 Å². The number of epoxide rings is 1. The molecule has 1 aromatic rings. The number of rotatable bonds is 6.